The summed E-state index contributed by atoms with van der Waals surface area (Å²) in [7, 11) is 0. The second-order valence-electron chi connectivity index (χ2n) is 23.3. The molecule has 3 heterocycles. The molecule has 0 spiro atoms. The van der Waals surface area contributed by atoms with Gasteiger partial charge >= 0.3 is 0 Å². The molecule has 3 aliphatic heterocycles. The van der Waals surface area contributed by atoms with Crippen LogP contribution in [0.4, 0.5) is 0 Å². The first kappa shape index (κ1) is 50.4. The molecule has 0 bridgehead atoms. The first-order valence-electron chi connectivity index (χ1n) is 23.9. The number of hydrogen-bond acceptors (Lipinski definition) is 18. The van der Waals surface area contributed by atoms with Gasteiger partial charge in [-0.3, -0.25) is 0 Å². The van der Waals surface area contributed by atoms with Crippen LogP contribution in [0.25, 0.3) is 0 Å². The highest BCUT2D eigenvalue weighted by atomic mass is 16.7. The van der Waals surface area contributed by atoms with E-state index in [2.05, 4.69) is 54.5 Å². The molecular formula is C47H78O18. The van der Waals surface area contributed by atoms with E-state index in [0.717, 1.165) is 25.7 Å². The number of hydrogen-bond donors (Lipinski definition) is 12. The van der Waals surface area contributed by atoms with Crippen LogP contribution in [0.2, 0.25) is 0 Å². The highest BCUT2D eigenvalue weighted by molar-refractivity contribution is 5.35. The fourth-order valence-corrected chi connectivity index (χ4v) is 14.8. The van der Waals surface area contributed by atoms with Gasteiger partial charge in [0.25, 0.3) is 0 Å². The Balaban J connectivity index is 0.940. The van der Waals surface area contributed by atoms with Gasteiger partial charge in [0.15, 0.2) is 18.9 Å². The van der Waals surface area contributed by atoms with Crippen molar-refractivity contribution >= 4 is 0 Å². The van der Waals surface area contributed by atoms with E-state index in [1.54, 1.807) is 0 Å². The molecule has 1 unspecified atom stereocenters. The van der Waals surface area contributed by atoms with Gasteiger partial charge in [0.05, 0.1) is 44.7 Å². The third-order valence-corrected chi connectivity index (χ3v) is 19.2. The Bertz CT molecular complexity index is 1730. The summed E-state index contributed by atoms with van der Waals surface area (Å²) in [5, 5.41) is 130. The van der Waals surface area contributed by atoms with Gasteiger partial charge in [-0.15, -0.1) is 0 Å². The van der Waals surface area contributed by atoms with Gasteiger partial charge in [-0.25, -0.2) is 0 Å². The monoisotopic (exact) mass is 931 g/mol. The lowest BCUT2D eigenvalue weighted by Gasteiger charge is -2.72. The molecule has 0 radical (unpaired) electrons. The average Bonchev–Trinajstić information content (AvgIpc) is 3.24. The number of aliphatic hydroxyl groups excluding tert-OH is 12. The molecule has 7 fully saturated rings. The van der Waals surface area contributed by atoms with Crippen LogP contribution >= 0.6 is 0 Å². The maximum atomic E-state index is 12.1. The minimum absolute atomic E-state index is 0.0454. The summed E-state index contributed by atoms with van der Waals surface area (Å²) in [6.45, 7) is 14.2. The van der Waals surface area contributed by atoms with E-state index in [-0.39, 0.29) is 52.6 Å². The van der Waals surface area contributed by atoms with E-state index >= 15 is 0 Å². The first-order chi connectivity index (χ1) is 30.3. The van der Waals surface area contributed by atoms with E-state index in [9.17, 15) is 61.3 Å². The SMILES string of the molecule is CC1(C)C[C@H]2C3=CC[C@@H]4[C@@]5(C)CC[C@H](O[C@@H]6O[C@H](CO[C@@H]7O[C@H](CO[C@@H]8OC[C@@H](O)[C@H](O)[C@H]8O)[C@@H](O)[C@H](O)[C@H]7O)[C@@H](O)[C@H](O)[C@H]6O)C(C)(C)C5CC[C@@]4(C)[C@]3(C)C[C@H](O)[C@@]2(CO)C[C@@H]1O. The molecule has 374 valence electrons. The van der Waals surface area contributed by atoms with Crippen LogP contribution in [0.3, 0.4) is 0 Å². The van der Waals surface area contributed by atoms with Crippen molar-refractivity contribution in [2.24, 2.45) is 50.2 Å². The van der Waals surface area contributed by atoms with Gasteiger partial charge in [0.1, 0.15) is 67.1 Å². The smallest absolute Gasteiger partial charge is 0.186 e. The van der Waals surface area contributed by atoms with Gasteiger partial charge in [0.2, 0.25) is 0 Å². The predicted octanol–water partition coefficient (Wildman–Crippen LogP) is -0.805. The molecule has 5 aliphatic carbocycles. The van der Waals surface area contributed by atoms with Crippen LogP contribution in [0, 0.1) is 50.2 Å². The summed E-state index contributed by atoms with van der Waals surface area (Å²) >= 11 is 0. The van der Waals surface area contributed by atoms with Crippen molar-refractivity contribution in [3.63, 3.8) is 0 Å². The fraction of sp³-hybridized carbons (Fsp3) is 0.957. The van der Waals surface area contributed by atoms with Crippen molar-refractivity contribution in [1.82, 2.24) is 0 Å². The number of fused-ring (bicyclic) bond motifs is 7. The summed E-state index contributed by atoms with van der Waals surface area (Å²) in [5.41, 5.74) is -0.881. The molecule has 8 aliphatic rings. The van der Waals surface area contributed by atoms with E-state index in [4.69, 9.17) is 28.4 Å². The molecule has 0 amide bonds. The molecule has 24 atom stereocenters. The molecule has 65 heavy (non-hydrogen) atoms. The van der Waals surface area contributed by atoms with Crippen LogP contribution in [0.5, 0.6) is 0 Å². The van der Waals surface area contributed by atoms with Gasteiger partial charge in [-0.05, 0) is 96.2 Å². The Morgan fingerprint density at radius 1 is 0.615 bits per heavy atom. The topological polar surface area (TPSA) is 298 Å². The molecular weight excluding hydrogens is 852 g/mol. The zero-order chi connectivity index (χ0) is 47.6. The summed E-state index contributed by atoms with van der Waals surface area (Å²) in [6, 6.07) is 0. The molecule has 0 aromatic carbocycles. The Labute approximate surface area is 381 Å². The summed E-state index contributed by atoms with van der Waals surface area (Å²) in [4.78, 5) is 0. The fourth-order valence-electron chi connectivity index (χ4n) is 14.8. The molecule has 18 heteroatoms. The lowest BCUT2D eigenvalue weighted by molar-refractivity contribution is -0.348. The Morgan fingerprint density at radius 2 is 1.20 bits per heavy atom. The van der Waals surface area contributed by atoms with E-state index in [1.165, 1.54) is 5.57 Å². The minimum atomic E-state index is -1.78. The van der Waals surface area contributed by atoms with Gasteiger partial charge in [-0.1, -0.05) is 60.1 Å². The van der Waals surface area contributed by atoms with E-state index in [0.29, 0.717) is 25.7 Å². The van der Waals surface area contributed by atoms with Crippen molar-refractivity contribution in [2.45, 2.75) is 204 Å². The third-order valence-electron chi connectivity index (χ3n) is 19.2. The van der Waals surface area contributed by atoms with E-state index < -0.39 is 128 Å². The maximum Gasteiger partial charge on any atom is 0.186 e. The second-order valence-corrected chi connectivity index (χ2v) is 23.3. The van der Waals surface area contributed by atoms with Gasteiger partial charge < -0.3 is 89.7 Å². The second kappa shape index (κ2) is 17.7. The van der Waals surface area contributed by atoms with Crippen LogP contribution in [-0.2, 0) is 28.4 Å². The highest BCUT2D eigenvalue weighted by Crippen LogP contribution is 2.76. The van der Waals surface area contributed by atoms with Crippen LogP contribution < -0.4 is 0 Å². The van der Waals surface area contributed by atoms with Crippen LogP contribution in [-0.4, -0.2) is 192 Å². The maximum absolute atomic E-state index is 12.1. The average molecular weight is 931 g/mol. The quantitative estimate of drug-likeness (QED) is 0.0995. The van der Waals surface area contributed by atoms with Crippen molar-refractivity contribution in [3.8, 4) is 0 Å². The van der Waals surface area contributed by atoms with Crippen molar-refractivity contribution in [3.05, 3.63) is 11.6 Å². The lowest BCUT2D eigenvalue weighted by atomic mass is 9.33. The number of aliphatic hydroxyl groups is 12. The van der Waals surface area contributed by atoms with Gasteiger partial charge in [0, 0.05) is 5.41 Å². The van der Waals surface area contributed by atoms with Crippen molar-refractivity contribution < 1.29 is 89.7 Å². The third kappa shape index (κ3) is 7.93. The number of allylic oxidation sites excluding steroid dienone is 2. The highest BCUT2D eigenvalue weighted by Gasteiger charge is 2.71. The molecule has 0 aromatic rings. The Kier molecular flexibility index (Phi) is 13.7. The molecule has 12 N–H and O–H groups in total. The minimum Gasteiger partial charge on any atom is -0.396 e. The molecule has 4 saturated carbocycles. The standard InChI is InChI=1S/C47H78O18/c1-42(2)14-22-21-8-9-27-44(5)12-11-30(43(3,4)26(44)10-13-45(27,6)46(21,7)15-29(51)47(22,20-48)16-28(42)50)65-41-38(59)35(56)33(54)25(64-41)19-62-40-37(58)34(55)32(53)24(63-40)18-61-39-36(57)31(52)23(49)17-60-39/h8,22-41,48-59H,9-20H2,1-7H3/t22-,23+,24+,25+,26?,27+,28-,29-,30-,31-,32+,33+,34-,35-,36+,37+,38+,39-,40+,41-,44-,45+,46+,47+/m0/s1. The molecule has 0 aromatic heterocycles. The van der Waals surface area contributed by atoms with Gasteiger partial charge in [-0.2, -0.15) is 0 Å². The molecule has 8 rings (SSSR count). The van der Waals surface area contributed by atoms with Crippen molar-refractivity contribution in [2.75, 3.05) is 26.4 Å². The zero-order valence-corrected chi connectivity index (χ0v) is 38.9. The van der Waals surface area contributed by atoms with Crippen LogP contribution in [0.15, 0.2) is 11.6 Å². The number of rotatable bonds is 9. The summed E-state index contributed by atoms with van der Waals surface area (Å²) in [6.07, 6.45) is -15.4. The van der Waals surface area contributed by atoms with Crippen LogP contribution in [0.1, 0.15) is 99.8 Å². The summed E-state index contributed by atoms with van der Waals surface area (Å²) < 4.78 is 35.0. The van der Waals surface area contributed by atoms with Crippen molar-refractivity contribution in [1.29, 1.82) is 0 Å². The Morgan fingerprint density at radius 3 is 1.83 bits per heavy atom. The zero-order valence-electron chi connectivity index (χ0n) is 38.9. The Hall–Kier alpha value is -0.980. The largest absolute Gasteiger partial charge is 0.396 e. The van der Waals surface area contributed by atoms with E-state index in [1.807, 2.05) is 0 Å². The number of ether oxygens (including phenoxy) is 6. The first-order valence-corrected chi connectivity index (χ1v) is 23.9. The summed E-state index contributed by atoms with van der Waals surface area (Å²) in [5.74, 6) is 0.407. The molecule has 3 saturated heterocycles. The normalized spacial score (nSPS) is 55.2. The molecule has 18 nitrogen and oxygen atoms in total. The lowest BCUT2D eigenvalue weighted by Crippen LogP contribution is -2.68. The predicted molar refractivity (Wildman–Crippen MR) is 227 cm³/mol.